The van der Waals surface area contributed by atoms with Gasteiger partial charge in [-0.05, 0) is 57.0 Å². The first-order chi connectivity index (χ1) is 9.40. The highest BCUT2D eigenvalue weighted by atomic mass is 35.5. The van der Waals surface area contributed by atoms with Crippen molar-refractivity contribution in [1.82, 2.24) is 10.0 Å². The fourth-order valence-electron chi connectivity index (χ4n) is 2.36. The van der Waals surface area contributed by atoms with Gasteiger partial charge < -0.3 is 5.32 Å². The maximum atomic E-state index is 12.3. The van der Waals surface area contributed by atoms with E-state index in [1.54, 1.807) is 0 Å². The third kappa shape index (κ3) is 4.98. The Balaban J connectivity index is 0.00000220. The minimum absolute atomic E-state index is 0. The summed E-state index contributed by atoms with van der Waals surface area (Å²) in [6, 6.07) is 4.20. The average molecular weight is 374 g/mol. The van der Waals surface area contributed by atoms with Gasteiger partial charge in [-0.2, -0.15) is 0 Å². The minimum Gasteiger partial charge on any atom is -0.316 e. The van der Waals surface area contributed by atoms with E-state index in [2.05, 4.69) is 10.0 Å². The molecule has 1 heterocycles. The zero-order valence-electron chi connectivity index (χ0n) is 11.6. The van der Waals surface area contributed by atoms with Crippen LogP contribution >= 0.6 is 35.6 Å². The Hall–Kier alpha value is -0.0400. The number of nitrogens with one attached hydrogen (secondary N) is 2. The van der Waals surface area contributed by atoms with E-state index >= 15 is 0 Å². The van der Waals surface area contributed by atoms with Gasteiger partial charge in [0.15, 0.2) is 0 Å². The van der Waals surface area contributed by atoms with Crippen LogP contribution < -0.4 is 10.0 Å². The lowest BCUT2D eigenvalue weighted by Gasteiger charge is -2.28. The summed E-state index contributed by atoms with van der Waals surface area (Å²) in [6.45, 7) is 3.74. The standard InChI is InChI=1S/C13H18Cl2N2O2S.ClH/c1-9(10-3-2-6-16-8-10)17-20(18,19)11-4-5-12(14)13(15)7-11;/h4-5,7,9-10,16-17H,2-3,6,8H2,1H3;1H. The first kappa shape index (κ1) is 19.0. The first-order valence-electron chi connectivity index (χ1n) is 6.58. The van der Waals surface area contributed by atoms with Gasteiger partial charge in [0.05, 0.1) is 14.9 Å². The van der Waals surface area contributed by atoms with Gasteiger partial charge in [0.2, 0.25) is 10.0 Å². The second kappa shape index (κ2) is 7.99. The molecule has 0 radical (unpaired) electrons. The van der Waals surface area contributed by atoms with Gasteiger partial charge in [-0.1, -0.05) is 23.2 Å². The molecule has 21 heavy (non-hydrogen) atoms. The van der Waals surface area contributed by atoms with E-state index in [0.717, 1.165) is 25.9 Å². The summed E-state index contributed by atoms with van der Waals surface area (Å²) in [4.78, 5) is 0.141. The van der Waals surface area contributed by atoms with E-state index < -0.39 is 10.0 Å². The quantitative estimate of drug-likeness (QED) is 0.852. The Morgan fingerprint density at radius 1 is 1.33 bits per heavy atom. The number of hydrogen-bond donors (Lipinski definition) is 2. The Morgan fingerprint density at radius 3 is 2.62 bits per heavy atom. The van der Waals surface area contributed by atoms with Crippen LogP contribution in [0, 0.1) is 5.92 Å². The van der Waals surface area contributed by atoms with Crippen LogP contribution in [0.5, 0.6) is 0 Å². The molecule has 2 N–H and O–H groups in total. The van der Waals surface area contributed by atoms with Crippen LogP contribution in [0.2, 0.25) is 10.0 Å². The fourth-order valence-corrected chi connectivity index (χ4v) is 4.06. The lowest BCUT2D eigenvalue weighted by Crippen LogP contribution is -2.44. The van der Waals surface area contributed by atoms with Crippen LogP contribution in [0.15, 0.2) is 23.1 Å². The Labute approximate surface area is 142 Å². The maximum absolute atomic E-state index is 12.3. The van der Waals surface area contributed by atoms with Crippen molar-refractivity contribution in [1.29, 1.82) is 0 Å². The highest BCUT2D eigenvalue weighted by Crippen LogP contribution is 2.25. The van der Waals surface area contributed by atoms with Crippen LogP contribution in [0.25, 0.3) is 0 Å². The molecular formula is C13H19Cl3N2O2S. The molecule has 1 aromatic rings. The highest BCUT2D eigenvalue weighted by Gasteiger charge is 2.25. The lowest BCUT2D eigenvalue weighted by molar-refractivity contribution is 0.320. The van der Waals surface area contributed by atoms with Gasteiger partial charge in [-0.15, -0.1) is 12.4 Å². The van der Waals surface area contributed by atoms with E-state index in [1.807, 2.05) is 6.92 Å². The number of hydrogen-bond acceptors (Lipinski definition) is 3. The monoisotopic (exact) mass is 372 g/mol. The normalized spacial score (nSPS) is 20.6. The van der Waals surface area contributed by atoms with Crippen LogP contribution in [0.1, 0.15) is 19.8 Å². The van der Waals surface area contributed by atoms with Crippen molar-refractivity contribution >= 4 is 45.6 Å². The summed E-state index contributed by atoms with van der Waals surface area (Å²) < 4.78 is 27.4. The third-order valence-electron chi connectivity index (χ3n) is 3.58. The predicted molar refractivity (Wildman–Crippen MR) is 89.1 cm³/mol. The molecule has 2 rings (SSSR count). The molecular weight excluding hydrogens is 355 g/mol. The van der Waals surface area contributed by atoms with Crippen molar-refractivity contribution in [3.05, 3.63) is 28.2 Å². The summed E-state index contributed by atoms with van der Waals surface area (Å²) in [5.74, 6) is 0.307. The predicted octanol–water partition coefficient (Wildman–Crippen LogP) is 3.08. The topological polar surface area (TPSA) is 58.2 Å². The third-order valence-corrected chi connectivity index (χ3v) is 5.88. The molecule has 1 aliphatic rings. The highest BCUT2D eigenvalue weighted by molar-refractivity contribution is 7.89. The van der Waals surface area contributed by atoms with E-state index in [9.17, 15) is 8.42 Å². The van der Waals surface area contributed by atoms with E-state index in [1.165, 1.54) is 18.2 Å². The number of halogens is 3. The molecule has 2 unspecified atom stereocenters. The number of sulfonamides is 1. The van der Waals surface area contributed by atoms with Crippen LogP contribution in [-0.2, 0) is 10.0 Å². The van der Waals surface area contributed by atoms with Crippen molar-refractivity contribution in [3.63, 3.8) is 0 Å². The van der Waals surface area contributed by atoms with E-state index in [4.69, 9.17) is 23.2 Å². The number of rotatable bonds is 4. The smallest absolute Gasteiger partial charge is 0.240 e. The SMILES string of the molecule is CC(NS(=O)(=O)c1ccc(Cl)c(Cl)c1)C1CCCNC1.Cl. The van der Waals surface area contributed by atoms with Crippen molar-refractivity contribution in [3.8, 4) is 0 Å². The van der Waals surface area contributed by atoms with Crippen molar-refractivity contribution < 1.29 is 8.42 Å². The molecule has 0 bridgehead atoms. The largest absolute Gasteiger partial charge is 0.316 e. The second-order valence-corrected chi connectivity index (χ2v) is 7.62. The zero-order valence-corrected chi connectivity index (χ0v) is 14.7. The molecule has 1 aliphatic heterocycles. The van der Waals surface area contributed by atoms with Crippen molar-refractivity contribution in [2.75, 3.05) is 13.1 Å². The van der Waals surface area contributed by atoms with Crippen LogP contribution in [0.4, 0.5) is 0 Å². The van der Waals surface area contributed by atoms with Crippen LogP contribution in [0.3, 0.4) is 0 Å². The van der Waals surface area contributed by atoms with Crippen molar-refractivity contribution in [2.45, 2.75) is 30.7 Å². The first-order valence-corrected chi connectivity index (χ1v) is 8.82. The molecule has 4 nitrogen and oxygen atoms in total. The molecule has 0 aromatic heterocycles. The molecule has 0 amide bonds. The second-order valence-electron chi connectivity index (χ2n) is 5.09. The molecule has 8 heteroatoms. The van der Waals surface area contributed by atoms with E-state index in [-0.39, 0.29) is 28.4 Å². The van der Waals surface area contributed by atoms with Gasteiger partial charge in [-0.3, -0.25) is 0 Å². The summed E-state index contributed by atoms with van der Waals surface area (Å²) in [7, 11) is -3.57. The summed E-state index contributed by atoms with van der Waals surface area (Å²) in [5.41, 5.74) is 0. The van der Waals surface area contributed by atoms with Gasteiger partial charge in [-0.25, -0.2) is 13.1 Å². The van der Waals surface area contributed by atoms with Gasteiger partial charge in [0.25, 0.3) is 0 Å². The Kier molecular flexibility index (Phi) is 7.24. The summed E-state index contributed by atoms with van der Waals surface area (Å²) in [5, 5.41) is 3.86. The molecule has 2 atom stereocenters. The molecule has 1 aromatic carbocycles. The molecule has 0 saturated carbocycles. The Bertz CT molecular complexity index is 575. The maximum Gasteiger partial charge on any atom is 0.240 e. The molecule has 0 aliphatic carbocycles. The van der Waals surface area contributed by atoms with Gasteiger partial charge in [0.1, 0.15) is 0 Å². The van der Waals surface area contributed by atoms with Gasteiger partial charge in [0, 0.05) is 6.04 Å². The minimum atomic E-state index is -3.57. The fraction of sp³-hybridized carbons (Fsp3) is 0.538. The summed E-state index contributed by atoms with van der Waals surface area (Å²) >= 11 is 11.7. The molecule has 1 fully saturated rings. The lowest BCUT2D eigenvalue weighted by atomic mass is 9.94. The summed E-state index contributed by atoms with van der Waals surface area (Å²) in [6.07, 6.45) is 2.10. The molecule has 120 valence electrons. The molecule has 1 saturated heterocycles. The molecule has 0 spiro atoms. The zero-order chi connectivity index (χ0) is 14.8. The van der Waals surface area contributed by atoms with Crippen molar-refractivity contribution in [2.24, 2.45) is 5.92 Å². The van der Waals surface area contributed by atoms with Gasteiger partial charge >= 0.3 is 0 Å². The van der Waals surface area contributed by atoms with Crippen LogP contribution in [-0.4, -0.2) is 27.5 Å². The number of benzene rings is 1. The Morgan fingerprint density at radius 2 is 2.05 bits per heavy atom. The average Bonchev–Trinajstić information content (AvgIpc) is 2.42. The number of piperidine rings is 1. The van der Waals surface area contributed by atoms with E-state index in [0.29, 0.717) is 10.9 Å².